The van der Waals surface area contributed by atoms with Crippen LogP contribution in [-0.4, -0.2) is 25.2 Å². The van der Waals surface area contributed by atoms with Gasteiger partial charge in [-0.25, -0.2) is 0 Å². The number of carbonyl (C=O) groups excluding carboxylic acids is 2. The average molecular weight is 296 g/mol. The highest BCUT2D eigenvalue weighted by molar-refractivity contribution is 5.72. The molecule has 4 heteroatoms. The second-order valence-corrected chi connectivity index (χ2v) is 5.21. The van der Waals surface area contributed by atoms with E-state index in [-0.39, 0.29) is 24.8 Å². The molecule has 0 N–H and O–H groups in total. The van der Waals surface area contributed by atoms with Crippen LogP contribution >= 0.6 is 0 Å². The Morgan fingerprint density at radius 3 is 2.10 bits per heavy atom. The summed E-state index contributed by atoms with van der Waals surface area (Å²) in [7, 11) is 0. The molecule has 120 valence electrons. The lowest BCUT2D eigenvalue weighted by atomic mass is 10.1. The van der Waals surface area contributed by atoms with Gasteiger partial charge in [0.25, 0.3) is 0 Å². The number of hydrogen-bond donors (Lipinski definition) is 0. The van der Waals surface area contributed by atoms with E-state index in [4.69, 9.17) is 9.47 Å². The van der Waals surface area contributed by atoms with Crippen molar-refractivity contribution in [1.29, 1.82) is 0 Å². The molecule has 0 amide bonds. The van der Waals surface area contributed by atoms with Crippen molar-refractivity contribution in [3.8, 4) is 0 Å². The second-order valence-electron chi connectivity index (χ2n) is 5.21. The minimum absolute atomic E-state index is 0.253. The standard InChI is InChI=1S/C17H28O4/c1-5-20-16(18)10-7-11-17(19)21-13-12-15(4)9-6-8-14(2)3/h8,12H,5-7,9-11,13H2,1-4H3/b15-12+. The third-order valence-electron chi connectivity index (χ3n) is 2.83. The molecule has 0 aliphatic carbocycles. The predicted molar refractivity (Wildman–Crippen MR) is 83.9 cm³/mol. The minimum Gasteiger partial charge on any atom is -0.466 e. The molecule has 0 saturated carbocycles. The highest BCUT2D eigenvalue weighted by atomic mass is 16.5. The van der Waals surface area contributed by atoms with E-state index in [0.717, 1.165) is 12.8 Å². The summed E-state index contributed by atoms with van der Waals surface area (Å²) in [5.74, 6) is -0.534. The Bertz CT molecular complexity index is 376. The van der Waals surface area contributed by atoms with Gasteiger partial charge in [0.15, 0.2) is 0 Å². The topological polar surface area (TPSA) is 52.6 Å². The van der Waals surface area contributed by atoms with Crippen LogP contribution in [0, 0.1) is 0 Å². The molecule has 4 nitrogen and oxygen atoms in total. The van der Waals surface area contributed by atoms with E-state index in [1.807, 2.05) is 13.0 Å². The van der Waals surface area contributed by atoms with Crippen molar-refractivity contribution < 1.29 is 19.1 Å². The van der Waals surface area contributed by atoms with Gasteiger partial charge in [-0.05, 0) is 53.0 Å². The van der Waals surface area contributed by atoms with Crippen LogP contribution in [0.4, 0.5) is 0 Å². The van der Waals surface area contributed by atoms with E-state index in [1.54, 1.807) is 6.92 Å². The molecule has 0 saturated heterocycles. The SMILES string of the molecule is CCOC(=O)CCCC(=O)OC/C=C(\C)CCC=C(C)C. The molecule has 0 spiro atoms. The van der Waals surface area contributed by atoms with Crippen molar-refractivity contribution in [1.82, 2.24) is 0 Å². The van der Waals surface area contributed by atoms with Crippen molar-refractivity contribution in [2.75, 3.05) is 13.2 Å². The van der Waals surface area contributed by atoms with Gasteiger partial charge in [0.05, 0.1) is 6.61 Å². The summed E-state index contributed by atoms with van der Waals surface area (Å²) < 4.78 is 9.88. The van der Waals surface area contributed by atoms with Gasteiger partial charge in [0, 0.05) is 12.8 Å². The summed E-state index contributed by atoms with van der Waals surface area (Å²) in [6.07, 6.45) is 7.11. The first-order valence-electron chi connectivity index (χ1n) is 7.56. The van der Waals surface area contributed by atoms with Crippen LogP contribution in [0.25, 0.3) is 0 Å². The zero-order valence-corrected chi connectivity index (χ0v) is 13.7. The zero-order valence-electron chi connectivity index (χ0n) is 13.7. The molecular weight excluding hydrogens is 268 g/mol. The lowest BCUT2D eigenvalue weighted by molar-refractivity contribution is -0.144. The van der Waals surface area contributed by atoms with Gasteiger partial charge in [-0.2, -0.15) is 0 Å². The Labute approximate surface area is 128 Å². The van der Waals surface area contributed by atoms with Crippen LogP contribution in [-0.2, 0) is 19.1 Å². The van der Waals surface area contributed by atoms with Crippen molar-refractivity contribution >= 4 is 11.9 Å². The van der Waals surface area contributed by atoms with Crippen LogP contribution in [0.3, 0.4) is 0 Å². The van der Waals surface area contributed by atoms with E-state index < -0.39 is 0 Å². The number of ether oxygens (including phenoxy) is 2. The molecule has 0 aromatic carbocycles. The Hall–Kier alpha value is -1.58. The Kier molecular flexibility index (Phi) is 11.3. The predicted octanol–water partition coefficient (Wildman–Crippen LogP) is 3.96. The van der Waals surface area contributed by atoms with Crippen LogP contribution in [0.2, 0.25) is 0 Å². The maximum atomic E-state index is 11.5. The largest absolute Gasteiger partial charge is 0.466 e. The third kappa shape index (κ3) is 13.2. The summed E-state index contributed by atoms with van der Waals surface area (Å²) in [6, 6.07) is 0. The average Bonchev–Trinajstić information content (AvgIpc) is 2.38. The van der Waals surface area contributed by atoms with Crippen molar-refractivity contribution in [3.05, 3.63) is 23.3 Å². The molecule has 0 aliphatic rings. The van der Waals surface area contributed by atoms with Gasteiger partial charge in [-0.3, -0.25) is 9.59 Å². The number of carbonyl (C=O) groups is 2. The zero-order chi connectivity index (χ0) is 16.1. The van der Waals surface area contributed by atoms with Crippen LogP contribution in [0.1, 0.15) is 59.8 Å². The van der Waals surface area contributed by atoms with E-state index >= 15 is 0 Å². The van der Waals surface area contributed by atoms with Gasteiger partial charge in [0.2, 0.25) is 0 Å². The molecule has 0 aromatic heterocycles. The van der Waals surface area contributed by atoms with Crippen LogP contribution < -0.4 is 0 Å². The second kappa shape index (κ2) is 12.2. The molecular formula is C17H28O4. The number of esters is 2. The van der Waals surface area contributed by atoms with Crippen molar-refractivity contribution in [3.63, 3.8) is 0 Å². The molecule has 0 unspecified atom stereocenters. The third-order valence-corrected chi connectivity index (χ3v) is 2.83. The molecule has 0 radical (unpaired) electrons. The highest BCUT2D eigenvalue weighted by Crippen LogP contribution is 2.07. The molecule has 0 fully saturated rings. The highest BCUT2D eigenvalue weighted by Gasteiger charge is 2.06. The molecule has 0 atom stereocenters. The molecule has 21 heavy (non-hydrogen) atoms. The maximum absolute atomic E-state index is 11.5. The summed E-state index contributed by atoms with van der Waals surface area (Å²) in [6.45, 7) is 8.64. The first-order valence-corrected chi connectivity index (χ1v) is 7.56. The maximum Gasteiger partial charge on any atom is 0.306 e. The van der Waals surface area contributed by atoms with Gasteiger partial charge in [-0.15, -0.1) is 0 Å². The molecule has 0 aliphatic heterocycles. The fourth-order valence-corrected chi connectivity index (χ4v) is 1.65. The fraction of sp³-hybridized carbons (Fsp3) is 0.647. The summed E-state index contributed by atoms with van der Waals surface area (Å²) in [4.78, 5) is 22.5. The van der Waals surface area contributed by atoms with Gasteiger partial charge < -0.3 is 9.47 Å². The summed E-state index contributed by atoms with van der Waals surface area (Å²) in [5, 5.41) is 0. The first-order chi connectivity index (χ1) is 9.95. The first kappa shape index (κ1) is 19.4. The smallest absolute Gasteiger partial charge is 0.306 e. The van der Waals surface area contributed by atoms with Crippen LogP contribution in [0.5, 0.6) is 0 Å². The van der Waals surface area contributed by atoms with E-state index in [9.17, 15) is 9.59 Å². The normalized spacial score (nSPS) is 11.0. The molecule has 0 bridgehead atoms. The molecule has 0 aromatic rings. The van der Waals surface area contributed by atoms with E-state index in [0.29, 0.717) is 19.6 Å². The summed E-state index contributed by atoms with van der Waals surface area (Å²) in [5.41, 5.74) is 2.53. The van der Waals surface area contributed by atoms with Crippen molar-refractivity contribution in [2.24, 2.45) is 0 Å². The van der Waals surface area contributed by atoms with Gasteiger partial charge >= 0.3 is 11.9 Å². The minimum atomic E-state index is -0.271. The number of hydrogen-bond acceptors (Lipinski definition) is 4. The lowest BCUT2D eigenvalue weighted by Crippen LogP contribution is -2.08. The molecule has 0 heterocycles. The number of allylic oxidation sites excluding steroid dienone is 3. The van der Waals surface area contributed by atoms with Crippen LogP contribution in [0.15, 0.2) is 23.3 Å². The summed E-state index contributed by atoms with van der Waals surface area (Å²) >= 11 is 0. The van der Waals surface area contributed by atoms with E-state index in [1.165, 1.54) is 11.1 Å². The Morgan fingerprint density at radius 2 is 1.52 bits per heavy atom. The van der Waals surface area contributed by atoms with Gasteiger partial charge in [-0.1, -0.05) is 17.2 Å². The van der Waals surface area contributed by atoms with E-state index in [2.05, 4.69) is 19.9 Å². The monoisotopic (exact) mass is 296 g/mol. The lowest BCUT2D eigenvalue weighted by Gasteiger charge is -2.04. The molecule has 0 rings (SSSR count). The number of rotatable bonds is 10. The Morgan fingerprint density at radius 1 is 0.905 bits per heavy atom. The quantitative estimate of drug-likeness (QED) is 0.452. The van der Waals surface area contributed by atoms with Gasteiger partial charge in [0.1, 0.15) is 6.61 Å². The van der Waals surface area contributed by atoms with Crippen molar-refractivity contribution in [2.45, 2.75) is 59.8 Å². The Balaban J connectivity index is 3.73. The fourth-order valence-electron chi connectivity index (χ4n) is 1.65.